The first-order chi connectivity index (χ1) is 12.2. The van der Waals surface area contributed by atoms with Crippen molar-refractivity contribution >= 4 is 34.0 Å². The molecule has 0 saturated carbocycles. The molecule has 1 N–H and O–H groups in total. The first-order valence-electron chi connectivity index (χ1n) is 7.84. The van der Waals surface area contributed by atoms with E-state index in [1.54, 1.807) is 0 Å². The van der Waals surface area contributed by atoms with Crippen LogP contribution in [-0.2, 0) is 16.1 Å². The summed E-state index contributed by atoms with van der Waals surface area (Å²) in [5, 5.41) is 5.87. The van der Waals surface area contributed by atoms with E-state index in [1.807, 2.05) is 60.0 Å². The van der Waals surface area contributed by atoms with Crippen LogP contribution >= 0.6 is 22.9 Å². The van der Waals surface area contributed by atoms with Crippen LogP contribution in [0.4, 0.5) is 5.13 Å². The van der Waals surface area contributed by atoms with E-state index >= 15 is 0 Å². The van der Waals surface area contributed by atoms with Crippen LogP contribution in [0.15, 0.2) is 60.0 Å². The molecule has 0 unspecified atom stereocenters. The molecule has 0 aliphatic rings. The van der Waals surface area contributed by atoms with Gasteiger partial charge in [-0.3, -0.25) is 4.79 Å². The van der Waals surface area contributed by atoms with Crippen molar-refractivity contribution < 1.29 is 9.53 Å². The van der Waals surface area contributed by atoms with Gasteiger partial charge in [0.1, 0.15) is 0 Å². The number of ether oxygens (including phenoxy) is 1. The number of carbonyl (C=O) groups excluding carboxylic acids is 1. The summed E-state index contributed by atoms with van der Waals surface area (Å²) in [5.74, 6) is -0.117. The number of rotatable bonds is 7. The second kappa shape index (κ2) is 8.76. The third-order valence-corrected chi connectivity index (χ3v) is 4.57. The number of anilines is 1. The Morgan fingerprint density at radius 3 is 2.68 bits per heavy atom. The summed E-state index contributed by atoms with van der Waals surface area (Å²) in [6.07, 6.45) is 0.286. The zero-order valence-corrected chi connectivity index (χ0v) is 15.0. The van der Waals surface area contributed by atoms with Crippen LogP contribution < -0.4 is 5.32 Å². The number of amides is 1. The van der Waals surface area contributed by atoms with Crippen LogP contribution in [0.2, 0.25) is 5.02 Å². The summed E-state index contributed by atoms with van der Waals surface area (Å²) in [6.45, 7) is 0.867. The number of benzene rings is 2. The molecule has 0 spiro atoms. The van der Waals surface area contributed by atoms with Crippen LogP contribution in [0.3, 0.4) is 0 Å². The van der Waals surface area contributed by atoms with Crippen LogP contribution in [0, 0.1) is 0 Å². The van der Waals surface area contributed by atoms with Gasteiger partial charge in [0.2, 0.25) is 5.91 Å². The summed E-state index contributed by atoms with van der Waals surface area (Å²) < 4.78 is 5.52. The van der Waals surface area contributed by atoms with E-state index in [9.17, 15) is 4.79 Å². The monoisotopic (exact) mass is 372 g/mol. The molecule has 3 aromatic rings. The summed E-state index contributed by atoms with van der Waals surface area (Å²) in [6, 6.07) is 17.4. The zero-order chi connectivity index (χ0) is 17.5. The lowest BCUT2D eigenvalue weighted by Gasteiger charge is -2.04. The average molecular weight is 373 g/mol. The van der Waals surface area contributed by atoms with Crippen LogP contribution in [-0.4, -0.2) is 17.5 Å². The molecule has 0 bridgehead atoms. The molecular formula is C19H17ClN2O2S. The van der Waals surface area contributed by atoms with E-state index in [1.165, 1.54) is 11.3 Å². The quantitative estimate of drug-likeness (QED) is 0.593. The van der Waals surface area contributed by atoms with Gasteiger partial charge in [0.05, 0.1) is 25.3 Å². The molecule has 128 valence electrons. The minimum absolute atomic E-state index is 0.117. The van der Waals surface area contributed by atoms with Crippen molar-refractivity contribution in [2.75, 3.05) is 11.9 Å². The highest BCUT2D eigenvalue weighted by Gasteiger charge is 2.10. The average Bonchev–Trinajstić information content (AvgIpc) is 3.08. The van der Waals surface area contributed by atoms with Gasteiger partial charge in [0.15, 0.2) is 5.13 Å². The van der Waals surface area contributed by atoms with Gasteiger partial charge in [-0.25, -0.2) is 4.98 Å². The lowest BCUT2D eigenvalue weighted by Crippen LogP contribution is -2.14. The molecule has 0 radical (unpaired) electrons. The van der Waals surface area contributed by atoms with Crippen molar-refractivity contribution in [2.24, 2.45) is 0 Å². The van der Waals surface area contributed by atoms with Crippen molar-refractivity contribution in [1.82, 2.24) is 4.98 Å². The molecule has 6 heteroatoms. The predicted octanol–water partition coefficient (Wildman–Crippen LogP) is 5.01. The Bertz CT molecular complexity index is 836. The van der Waals surface area contributed by atoms with Gasteiger partial charge in [0, 0.05) is 16.0 Å². The third-order valence-electron chi connectivity index (χ3n) is 3.49. The molecule has 25 heavy (non-hydrogen) atoms. The van der Waals surface area contributed by atoms with Crippen molar-refractivity contribution in [3.05, 3.63) is 70.6 Å². The standard InChI is InChI=1S/C19H17ClN2O2S/c20-16-9-5-4-8-15(16)17-13-25-19(21-17)22-18(23)10-11-24-12-14-6-2-1-3-7-14/h1-9,13H,10-12H2,(H,21,22,23). The first kappa shape index (κ1) is 17.6. The van der Waals surface area contributed by atoms with E-state index in [2.05, 4.69) is 10.3 Å². The summed E-state index contributed by atoms with van der Waals surface area (Å²) in [7, 11) is 0. The molecule has 1 aromatic heterocycles. The molecule has 2 aromatic carbocycles. The molecule has 0 atom stereocenters. The lowest BCUT2D eigenvalue weighted by molar-refractivity contribution is -0.117. The first-order valence-corrected chi connectivity index (χ1v) is 9.10. The minimum atomic E-state index is -0.117. The van der Waals surface area contributed by atoms with Crippen LogP contribution in [0.25, 0.3) is 11.3 Å². The molecule has 1 amide bonds. The number of nitrogens with zero attached hydrogens (tertiary/aromatic N) is 1. The van der Waals surface area contributed by atoms with Crippen molar-refractivity contribution in [1.29, 1.82) is 0 Å². The molecule has 0 fully saturated rings. The summed E-state index contributed by atoms with van der Waals surface area (Å²) >= 11 is 7.54. The van der Waals surface area contributed by atoms with E-state index in [4.69, 9.17) is 16.3 Å². The van der Waals surface area contributed by atoms with Gasteiger partial charge in [-0.05, 0) is 11.6 Å². The minimum Gasteiger partial charge on any atom is -0.376 e. The van der Waals surface area contributed by atoms with Gasteiger partial charge in [-0.15, -0.1) is 11.3 Å². The normalized spacial score (nSPS) is 10.6. The lowest BCUT2D eigenvalue weighted by atomic mass is 10.2. The topological polar surface area (TPSA) is 51.2 Å². The van der Waals surface area contributed by atoms with Crippen LogP contribution in [0.1, 0.15) is 12.0 Å². The predicted molar refractivity (Wildman–Crippen MR) is 102 cm³/mol. The molecule has 0 aliphatic carbocycles. The largest absolute Gasteiger partial charge is 0.376 e. The highest BCUT2D eigenvalue weighted by molar-refractivity contribution is 7.14. The maximum absolute atomic E-state index is 12.0. The number of carbonyl (C=O) groups is 1. The van der Waals surface area contributed by atoms with Gasteiger partial charge in [-0.2, -0.15) is 0 Å². The summed E-state index contributed by atoms with van der Waals surface area (Å²) in [5.41, 5.74) is 2.70. The number of thiazole rings is 1. The highest BCUT2D eigenvalue weighted by Crippen LogP contribution is 2.30. The number of nitrogens with one attached hydrogen (secondary N) is 1. The zero-order valence-electron chi connectivity index (χ0n) is 13.4. The van der Waals surface area contributed by atoms with Crippen molar-refractivity contribution in [2.45, 2.75) is 13.0 Å². The Hall–Kier alpha value is -2.21. The number of hydrogen-bond donors (Lipinski definition) is 1. The number of halogens is 1. The summed E-state index contributed by atoms with van der Waals surface area (Å²) in [4.78, 5) is 16.4. The maximum atomic E-state index is 12.0. The second-order valence-corrected chi connectivity index (χ2v) is 6.62. The molecule has 0 aliphatic heterocycles. The van der Waals surface area contributed by atoms with Gasteiger partial charge in [0.25, 0.3) is 0 Å². The molecule has 4 nitrogen and oxygen atoms in total. The second-order valence-electron chi connectivity index (χ2n) is 5.35. The Balaban J connectivity index is 1.46. The smallest absolute Gasteiger partial charge is 0.228 e. The Morgan fingerprint density at radius 2 is 1.88 bits per heavy atom. The molecule has 0 saturated heterocycles. The van der Waals surface area contributed by atoms with Gasteiger partial charge < -0.3 is 10.1 Å². The Morgan fingerprint density at radius 1 is 1.12 bits per heavy atom. The van der Waals surface area contributed by atoms with E-state index in [-0.39, 0.29) is 12.3 Å². The van der Waals surface area contributed by atoms with E-state index < -0.39 is 0 Å². The Kier molecular flexibility index (Phi) is 6.17. The van der Waals surface area contributed by atoms with Crippen LogP contribution in [0.5, 0.6) is 0 Å². The van der Waals surface area contributed by atoms with E-state index in [0.717, 1.165) is 16.8 Å². The van der Waals surface area contributed by atoms with Gasteiger partial charge >= 0.3 is 0 Å². The van der Waals surface area contributed by atoms with Crippen molar-refractivity contribution in [3.63, 3.8) is 0 Å². The molecular weight excluding hydrogens is 356 g/mol. The fourth-order valence-electron chi connectivity index (χ4n) is 2.23. The Labute approximate surface area is 155 Å². The van der Waals surface area contributed by atoms with E-state index in [0.29, 0.717) is 23.4 Å². The molecule has 1 heterocycles. The fourth-order valence-corrected chi connectivity index (χ4v) is 3.19. The van der Waals surface area contributed by atoms with Crippen molar-refractivity contribution in [3.8, 4) is 11.3 Å². The fraction of sp³-hybridized carbons (Fsp3) is 0.158. The molecule has 3 rings (SSSR count). The number of aromatic nitrogens is 1. The number of hydrogen-bond acceptors (Lipinski definition) is 4. The third kappa shape index (κ3) is 5.13. The SMILES string of the molecule is O=C(CCOCc1ccccc1)Nc1nc(-c2ccccc2Cl)cs1. The van der Waals surface area contributed by atoms with Gasteiger partial charge in [-0.1, -0.05) is 60.1 Å². The maximum Gasteiger partial charge on any atom is 0.228 e. The highest BCUT2D eigenvalue weighted by atomic mass is 35.5.